The van der Waals surface area contributed by atoms with E-state index >= 15 is 4.39 Å². The maximum absolute atomic E-state index is 15.5. The van der Waals surface area contributed by atoms with Crippen molar-refractivity contribution in [1.29, 1.82) is 0 Å². The Balaban J connectivity index is 1.27. The molecule has 0 saturated carbocycles. The van der Waals surface area contributed by atoms with Gasteiger partial charge in [-0.2, -0.15) is 5.10 Å². The number of nitrogens with zero attached hydrogens (tertiary/aromatic N) is 7. The molecule has 1 unspecified atom stereocenters. The first-order valence-corrected chi connectivity index (χ1v) is 12.6. The second-order valence-corrected chi connectivity index (χ2v) is 9.52. The number of pyridine rings is 1. The topological polar surface area (TPSA) is 91.2 Å². The van der Waals surface area contributed by atoms with Gasteiger partial charge in [0, 0.05) is 43.7 Å². The summed E-state index contributed by atoms with van der Waals surface area (Å²) in [4.78, 5) is 18.3. The quantitative estimate of drug-likeness (QED) is 0.508. The minimum atomic E-state index is -0.424. The summed E-state index contributed by atoms with van der Waals surface area (Å²) >= 11 is 0. The molecule has 0 bridgehead atoms. The number of hydrogen-bond donors (Lipinski definition) is 1. The largest absolute Gasteiger partial charge is 0.487 e. The number of nitrogens with one attached hydrogen (secondary N) is 1. The summed E-state index contributed by atoms with van der Waals surface area (Å²) < 4.78 is 27.5. The van der Waals surface area contributed by atoms with Gasteiger partial charge >= 0.3 is 0 Å². The maximum atomic E-state index is 15.5. The number of fused-ring (bicyclic) bond motifs is 4. The zero-order valence-corrected chi connectivity index (χ0v) is 21.6. The molecule has 1 atom stereocenters. The fourth-order valence-corrected chi connectivity index (χ4v) is 4.89. The number of likely N-dealkylation sites (N-methyl/N-ethyl adjacent to an activating group) is 1. The van der Waals surface area contributed by atoms with E-state index in [0.717, 1.165) is 25.5 Å². The van der Waals surface area contributed by atoms with Crippen LogP contribution in [0.1, 0.15) is 12.5 Å². The Morgan fingerprint density at radius 2 is 2.16 bits per heavy atom. The molecule has 11 heteroatoms. The number of anilines is 3. The Morgan fingerprint density at radius 3 is 2.97 bits per heavy atom. The summed E-state index contributed by atoms with van der Waals surface area (Å²) in [5, 5.41) is 9.11. The summed E-state index contributed by atoms with van der Waals surface area (Å²) in [5.41, 5.74) is 1.85. The number of hydrogen-bond acceptors (Lipinski definition) is 10. The Morgan fingerprint density at radius 1 is 1.26 bits per heavy atom. The highest BCUT2D eigenvalue weighted by molar-refractivity contribution is 5.90. The van der Waals surface area contributed by atoms with E-state index in [1.165, 1.54) is 6.33 Å². The molecule has 196 valence electrons. The molecule has 1 saturated heterocycles. The lowest BCUT2D eigenvalue weighted by molar-refractivity contribution is 0.187. The van der Waals surface area contributed by atoms with Crippen LogP contribution in [0.5, 0.6) is 11.5 Å². The predicted octanol–water partition coefficient (Wildman–Crippen LogP) is 3.83. The van der Waals surface area contributed by atoms with Gasteiger partial charge in [0.25, 0.3) is 0 Å². The number of rotatable bonds is 5. The van der Waals surface area contributed by atoms with E-state index in [1.807, 2.05) is 25.3 Å². The van der Waals surface area contributed by atoms with E-state index in [1.54, 1.807) is 36.4 Å². The number of piperazine rings is 1. The first kappa shape index (κ1) is 24.1. The number of benzene rings is 1. The zero-order valence-electron chi connectivity index (χ0n) is 21.6. The average Bonchev–Trinajstić information content (AvgIpc) is 2.93. The molecule has 1 N–H and O–H groups in total. The van der Waals surface area contributed by atoms with Gasteiger partial charge in [-0.15, -0.1) is 0 Å². The van der Waals surface area contributed by atoms with Crippen LogP contribution >= 0.6 is 0 Å². The lowest BCUT2D eigenvalue weighted by atomic mass is 10.1. The lowest BCUT2D eigenvalue weighted by Gasteiger charge is -2.43. The van der Waals surface area contributed by atoms with Gasteiger partial charge in [0.15, 0.2) is 23.2 Å². The number of ether oxygens (including phenoxy) is 2. The van der Waals surface area contributed by atoms with Crippen molar-refractivity contribution in [3.63, 3.8) is 0 Å². The van der Waals surface area contributed by atoms with Gasteiger partial charge in [-0.05, 0) is 45.2 Å². The second kappa shape index (κ2) is 9.90. The molecule has 3 aliphatic heterocycles. The van der Waals surface area contributed by atoms with Crippen LogP contribution in [0.4, 0.5) is 21.7 Å². The minimum Gasteiger partial charge on any atom is -0.487 e. The average molecular weight is 517 g/mol. The normalized spacial score (nSPS) is 19.3. The van der Waals surface area contributed by atoms with Crippen molar-refractivity contribution in [1.82, 2.24) is 24.9 Å². The van der Waals surface area contributed by atoms with Crippen molar-refractivity contribution in [2.45, 2.75) is 19.9 Å². The van der Waals surface area contributed by atoms with Crippen LogP contribution in [0, 0.1) is 12.7 Å². The summed E-state index contributed by atoms with van der Waals surface area (Å²) in [7, 11) is 2.11. The number of allylic oxidation sites excluding steroid dienone is 1. The monoisotopic (exact) mass is 516 g/mol. The van der Waals surface area contributed by atoms with Crippen LogP contribution in [0.25, 0.3) is 11.0 Å². The lowest BCUT2D eigenvalue weighted by Crippen LogP contribution is -2.56. The van der Waals surface area contributed by atoms with Crippen LogP contribution in [-0.4, -0.2) is 77.0 Å². The smallest absolute Gasteiger partial charge is 0.172 e. The molecule has 1 fully saturated rings. The molecule has 0 aliphatic carbocycles. The number of hydrazone groups is 1. The second-order valence-electron chi connectivity index (χ2n) is 9.52. The molecule has 0 amide bonds. The summed E-state index contributed by atoms with van der Waals surface area (Å²) in [5.74, 6) is 2.56. The fraction of sp³-hybridized carbons (Fsp3) is 0.333. The van der Waals surface area contributed by atoms with Crippen LogP contribution in [0.3, 0.4) is 0 Å². The summed E-state index contributed by atoms with van der Waals surface area (Å²) in [6.07, 6.45) is 8.67. The third kappa shape index (κ3) is 4.49. The van der Waals surface area contributed by atoms with E-state index in [9.17, 15) is 0 Å². The molecule has 2 aromatic heterocycles. The molecule has 3 aliphatic rings. The Kier molecular flexibility index (Phi) is 6.28. The van der Waals surface area contributed by atoms with Gasteiger partial charge in [0.05, 0.1) is 23.8 Å². The van der Waals surface area contributed by atoms with Crippen molar-refractivity contribution in [2.24, 2.45) is 5.10 Å². The summed E-state index contributed by atoms with van der Waals surface area (Å²) in [6, 6.07) is 5.50. The Bertz CT molecular complexity index is 1470. The first-order valence-electron chi connectivity index (χ1n) is 12.6. The van der Waals surface area contributed by atoms with Crippen LogP contribution in [-0.2, 0) is 0 Å². The van der Waals surface area contributed by atoms with Crippen LogP contribution in [0.2, 0.25) is 0 Å². The van der Waals surface area contributed by atoms with Gasteiger partial charge in [-0.1, -0.05) is 0 Å². The Hall–Kier alpha value is -4.25. The standard InChI is InChI=1S/C27H29FN8O2/c1-4-31-35-9-7-19(8-10-35)38-22-6-5-20(24(28)17(22)2)32-26-25-21(29-16-30-26)13-23-27(33-25)36-12-11-34(3)14-18(36)15-37-23/h4-9,13,16,18H,10-12,14-15H2,1-3H3,(H,29,30,32)/b31-4-. The molecular weight excluding hydrogens is 487 g/mol. The van der Waals surface area contributed by atoms with E-state index < -0.39 is 5.82 Å². The molecule has 0 spiro atoms. The SMILES string of the molecule is C/C=N\N1C=CC(Oc2ccc(Nc3ncnc4cc5c(nc34)N3CCN(C)CC3CO5)c(F)c2C)=CC1. The molecule has 1 aromatic carbocycles. The summed E-state index contributed by atoms with van der Waals surface area (Å²) in [6.45, 7) is 7.45. The molecule has 10 nitrogen and oxygen atoms in total. The predicted molar refractivity (Wildman–Crippen MR) is 145 cm³/mol. The molecule has 0 radical (unpaired) electrons. The van der Waals surface area contributed by atoms with Gasteiger partial charge in [-0.3, -0.25) is 5.01 Å². The van der Waals surface area contributed by atoms with Gasteiger partial charge < -0.3 is 24.6 Å². The van der Waals surface area contributed by atoms with E-state index in [4.69, 9.17) is 14.5 Å². The number of halogens is 1. The fourth-order valence-electron chi connectivity index (χ4n) is 4.89. The highest BCUT2D eigenvalue weighted by Gasteiger charge is 2.33. The molecular formula is C27H29FN8O2. The first-order chi connectivity index (χ1) is 18.5. The Labute approximate surface area is 220 Å². The van der Waals surface area contributed by atoms with Crippen LogP contribution in [0.15, 0.2) is 53.7 Å². The highest BCUT2D eigenvalue weighted by atomic mass is 19.1. The zero-order chi connectivity index (χ0) is 26.2. The van der Waals surface area contributed by atoms with Crippen molar-refractivity contribution >= 4 is 34.6 Å². The highest BCUT2D eigenvalue weighted by Crippen LogP contribution is 2.37. The maximum Gasteiger partial charge on any atom is 0.172 e. The van der Waals surface area contributed by atoms with E-state index in [0.29, 0.717) is 52.8 Å². The number of aromatic nitrogens is 3. The van der Waals surface area contributed by atoms with Gasteiger partial charge in [0.1, 0.15) is 30.0 Å². The minimum absolute atomic E-state index is 0.233. The van der Waals surface area contributed by atoms with Crippen LogP contribution < -0.4 is 19.7 Å². The third-order valence-electron chi connectivity index (χ3n) is 6.92. The van der Waals surface area contributed by atoms with Crippen molar-refractivity contribution < 1.29 is 13.9 Å². The van der Waals surface area contributed by atoms with Gasteiger partial charge in [-0.25, -0.2) is 19.3 Å². The molecule has 6 rings (SSSR count). The molecule has 5 heterocycles. The van der Waals surface area contributed by atoms with Crippen molar-refractivity contribution in [3.8, 4) is 11.5 Å². The molecule has 38 heavy (non-hydrogen) atoms. The van der Waals surface area contributed by atoms with Crippen molar-refractivity contribution in [3.05, 3.63) is 60.0 Å². The van der Waals surface area contributed by atoms with E-state index in [-0.39, 0.29) is 11.7 Å². The molecule has 3 aromatic rings. The third-order valence-corrected chi connectivity index (χ3v) is 6.92. The van der Waals surface area contributed by atoms with Gasteiger partial charge in [0.2, 0.25) is 0 Å². The van der Waals surface area contributed by atoms with Crippen molar-refractivity contribution in [2.75, 3.05) is 50.1 Å². The van der Waals surface area contributed by atoms with E-state index in [2.05, 4.69) is 37.2 Å².